The van der Waals surface area contributed by atoms with E-state index in [-0.39, 0.29) is 5.41 Å². The highest BCUT2D eigenvalue weighted by atomic mass is 32.1. The smallest absolute Gasteiger partial charge is 0.0857 e. The predicted octanol–water partition coefficient (Wildman–Crippen LogP) is 3.68. The Morgan fingerprint density at radius 1 is 1.29 bits per heavy atom. The first-order valence-electron chi connectivity index (χ1n) is 6.56. The number of aromatic nitrogens is 2. The first-order chi connectivity index (χ1) is 8.00. The van der Waals surface area contributed by atoms with Crippen LogP contribution in [0.1, 0.15) is 70.5 Å². The van der Waals surface area contributed by atoms with Gasteiger partial charge in [0.1, 0.15) is 0 Å². The Kier molecular flexibility index (Phi) is 5.53. The van der Waals surface area contributed by atoms with Gasteiger partial charge in [0.2, 0.25) is 0 Å². The van der Waals surface area contributed by atoms with Crippen LogP contribution >= 0.6 is 11.5 Å². The molecule has 1 N–H and O–H groups in total. The summed E-state index contributed by atoms with van der Waals surface area (Å²) in [7, 11) is 0. The Hall–Kier alpha value is -0.480. The third-order valence-electron chi connectivity index (χ3n) is 2.84. The van der Waals surface area contributed by atoms with Crippen LogP contribution in [0.25, 0.3) is 0 Å². The Morgan fingerprint density at radius 3 is 2.53 bits per heavy atom. The molecule has 0 saturated heterocycles. The molecular weight excluding hydrogens is 230 g/mol. The third-order valence-corrected chi connectivity index (χ3v) is 3.68. The highest BCUT2D eigenvalue weighted by Gasteiger charge is 2.26. The van der Waals surface area contributed by atoms with Gasteiger partial charge >= 0.3 is 0 Å². The summed E-state index contributed by atoms with van der Waals surface area (Å²) in [5, 5.41) is 7.89. The summed E-state index contributed by atoms with van der Waals surface area (Å²) in [6, 6.07) is 0.425. The monoisotopic (exact) mass is 255 g/mol. The van der Waals surface area contributed by atoms with Gasteiger partial charge in [-0.2, -0.15) is 0 Å². The first kappa shape index (κ1) is 14.6. The molecule has 0 fully saturated rings. The minimum Gasteiger partial charge on any atom is -0.309 e. The molecule has 3 nitrogen and oxygen atoms in total. The van der Waals surface area contributed by atoms with Crippen molar-refractivity contribution in [2.45, 2.75) is 65.3 Å². The van der Waals surface area contributed by atoms with Crippen LogP contribution in [0.15, 0.2) is 0 Å². The molecule has 1 heterocycles. The van der Waals surface area contributed by atoms with Crippen LogP contribution in [0.4, 0.5) is 0 Å². The van der Waals surface area contributed by atoms with Crippen molar-refractivity contribution in [3.63, 3.8) is 0 Å². The van der Waals surface area contributed by atoms with Crippen LogP contribution < -0.4 is 5.32 Å². The van der Waals surface area contributed by atoms with Crippen molar-refractivity contribution in [3.8, 4) is 0 Å². The van der Waals surface area contributed by atoms with Crippen LogP contribution in [-0.2, 0) is 5.41 Å². The van der Waals surface area contributed by atoms with Crippen LogP contribution in [0.5, 0.6) is 0 Å². The van der Waals surface area contributed by atoms with Gasteiger partial charge in [-0.05, 0) is 24.5 Å². The van der Waals surface area contributed by atoms with E-state index in [2.05, 4.69) is 49.5 Å². The molecule has 1 aromatic rings. The Labute approximate surface area is 109 Å². The van der Waals surface area contributed by atoms with Gasteiger partial charge in [0.25, 0.3) is 0 Å². The summed E-state index contributed by atoms with van der Waals surface area (Å²) in [4.78, 5) is 1.33. The molecule has 1 unspecified atom stereocenters. The van der Waals surface area contributed by atoms with Gasteiger partial charge in [-0.25, -0.2) is 0 Å². The first-order valence-corrected chi connectivity index (χ1v) is 7.34. The van der Waals surface area contributed by atoms with Gasteiger partial charge in [0.05, 0.1) is 10.6 Å². The van der Waals surface area contributed by atoms with E-state index in [1.54, 1.807) is 11.5 Å². The Bertz CT molecular complexity index is 328. The minimum atomic E-state index is 0.0855. The molecule has 0 saturated carbocycles. The fourth-order valence-electron chi connectivity index (χ4n) is 1.93. The second-order valence-corrected chi connectivity index (χ2v) is 6.27. The van der Waals surface area contributed by atoms with Crippen molar-refractivity contribution in [1.29, 1.82) is 0 Å². The van der Waals surface area contributed by atoms with E-state index in [0.717, 1.165) is 12.2 Å². The van der Waals surface area contributed by atoms with Crippen molar-refractivity contribution in [2.24, 2.45) is 0 Å². The zero-order valence-corrected chi connectivity index (χ0v) is 12.5. The lowest BCUT2D eigenvalue weighted by molar-refractivity contribution is 0.480. The van der Waals surface area contributed by atoms with E-state index in [1.807, 2.05) is 0 Å². The maximum Gasteiger partial charge on any atom is 0.0857 e. The van der Waals surface area contributed by atoms with Crippen molar-refractivity contribution in [3.05, 3.63) is 10.6 Å². The molecule has 1 rings (SSSR count). The largest absolute Gasteiger partial charge is 0.309 e. The average molecular weight is 255 g/mol. The summed E-state index contributed by atoms with van der Waals surface area (Å²) in [5.74, 6) is 0. The second kappa shape index (κ2) is 6.45. The van der Waals surface area contributed by atoms with Gasteiger partial charge in [-0.3, -0.25) is 0 Å². The maximum absolute atomic E-state index is 4.33. The number of hydrogen-bond acceptors (Lipinski definition) is 4. The molecular formula is C13H25N3S. The molecule has 1 aromatic heterocycles. The van der Waals surface area contributed by atoms with Gasteiger partial charge < -0.3 is 5.32 Å². The molecule has 98 valence electrons. The molecule has 4 heteroatoms. The fourth-order valence-corrected chi connectivity index (χ4v) is 2.90. The molecule has 0 aliphatic carbocycles. The summed E-state index contributed by atoms with van der Waals surface area (Å²) in [6.07, 6.45) is 3.66. The van der Waals surface area contributed by atoms with E-state index < -0.39 is 0 Å². The van der Waals surface area contributed by atoms with Gasteiger partial charge in [-0.1, -0.05) is 51.9 Å². The average Bonchev–Trinajstić information content (AvgIpc) is 2.72. The van der Waals surface area contributed by atoms with Crippen molar-refractivity contribution < 1.29 is 0 Å². The van der Waals surface area contributed by atoms with E-state index in [4.69, 9.17) is 0 Å². The molecule has 0 aliphatic rings. The SMILES string of the molecule is CCCCC(NCC)c1snnc1C(C)(C)C. The predicted molar refractivity (Wildman–Crippen MR) is 74.6 cm³/mol. The third kappa shape index (κ3) is 4.03. The van der Waals surface area contributed by atoms with E-state index in [9.17, 15) is 0 Å². The summed E-state index contributed by atoms with van der Waals surface area (Å²) in [5.41, 5.74) is 1.24. The number of unbranched alkanes of at least 4 members (excludes halogenated alkanes) is 1. The Balaban J connectivity index is 2.89. The molecule has 0 bridgehead atoms. The summed E-state index contributed by atoms with van der Waals surface area (Å²) in [6.45, 7) is 12.0. The van der Waals surface area contributed by atoms with Gasteiger partial charge in [0, 0.05) is 11.5 Å². The van der Waals surface area contributed by atoms with Crippen LogP contribution in [0, 0.1) is 0 Å². The minimum absolute atomic E-state index is 0.0855. The number of rotatable bonds is 6. The highest BCUT2D eigenvalue weighted by Crippen LogP contribution is 2.32. The van der Waals surface area contributed by atoms with Crippen molar-refractivity contribution in [1.82, 2.24) is 14.9 Å². The lowest BCUT2D eigenvalue weighted by Gasteiger charge is -2.22. The van der Waals surface area contributed by atoms with Crippen LogP contribution in [0.2, 0.25) is 0 Å². The van der Waals surface area contributed by atoms with Crippen LogP contribution in [0.3, 0.4) is 0 Å². The molecule has 0 aliphatic heterocycles. The lowest BCUT2D eigenvalue weighted by atomic mass is 9.89. The number of nitrogens with zero attached hydrogens (tertiary/aromatic N) is 2. The normalized spacial score (nSPS) is 13.9. The lowest BCUT2D eigenvalue weighted by Crippen LogP contribution is -2.24. The zero-order valence-electron chi connectivity index (χ0n) is 11.7. The highest BCUT2D eigenvalue weighted by molar-refractivity contribution is 7.05. The van der Waals surface area contributed by atoms with E-state index in [1.165, 1.54) is 24.1 Å². The van der Waals surface area contributed by atoms with Crippen molar-refractivity contribution >= 4 is 11.5 Å². The molecule has 1 atom stereocenters. The summed E-state index contributed by atoms with van der Waals surface area (Å²) >= 11 is 1.55. The fraction of sp³-hybridized carbons (Fsp3) is 0.846. The molecule has 0 radical (unpaired) electrons. The number of hydrogen-bond donors (Lipinski definition) is 1. The molecule has 0 aromatic carbocycles. The molecule has 0 spiro atoms. The van der Waals surface area contributed by atoms with Gasteiger partial charge in [-0.15, -0.1) is 5.10 Å². The van der Waals surface area contributed by atoms with Crippen LogP contribution in [-0.4, -0.2) is 16.1 Å². The molecule has 17 heavy (non-hydrogen) atoms. The zero-order chi connectivity index (χ0) is 12.9. The molecule has 0 amide bonds. The van der Waals surface area contributed by atoms with Crippen molar-refractivity contribution in [2.75, 3.05) is 6.54 Å². The maximum atomic E-state index is 4.33. The van der Waals surface area contributed by atoms with E-state index in [0.29, 0.717) is 6.04 Å². The number of nitrogens with one attached hydrogen (secondary N) is 1. The topological polar surface area (TPSA) is 37.8 Å². The Morgan fingerprint density at radius 2 is 2.00 bits per heavy atom. The van der Waals surface area contributed by atoms with E-state index >= 15 is 0 Å². The quantitative estimate of drug-likeness (QED) is 0.842. The standard InChI is InChI=1S/C13H25N3S/c1-6-8-9-10(14-7-2)11-12(13(3,4)5)15-16-17-11/h10,14H,6-9H2,1-5H3. The summed E-state index contributed by atoms with van der Waals surface area (Å²) < 4.78 is 4.15. The van der Waals surface area contributed by atoms with Gasteiger partial charge in [0.15, 0.2) is 0 Å². The second-order valence-electron chi connectivity index (χ2n) is 5.49.